The molecule has 2 N–H and O–H groups in total. The molecule has 2 aromatic carbocycles. The Hall–Kier alpha value is -2.90. The van der Waals surface area contributed by atoms with E-state index in [1.54, 1.807) is 12.0 Å². The number of nitrogens with zero attached hydrogens (tertiary/aromatic N) is 1. The monoisotopic (exact) mass is 576 g/mol. The van der Waals surface area contributed by atoms with Gasteiger partial charge in [0.05, 0.1) is 25.4 Å². The number of methoxy groups -OCH3 is 1. The zero-order valence-electron chi connectivity index (χ0n) is 26.2. The van der Waals surface area contributed by atoms with Gasteiger partial charge in [0.25, 0.3) is 0 Å². The predicted octanol–water partition coefficient (Wildman–Crippen LogP) is 6.11. The highest BCUT2D eigenvalue weighted by atomic mass is 16.5. The van der Waals surface area contributed by atoms with Crippen LogP contribution in [0.4, 0.5) is 0 Å². The van der Waals surface area contributed by atoms with Gasteiger partial charge in [0.2, 0.25) is 5.91 Å². The first kappa shape index (κ1) is 30.6. The second kappa shape index (κ2) is 11.6. The third kappa shape index (κ3) is 5.96. The van der Waals surface area contributed by atoms with Crippen LogP contribution in [0.15, 0.2) is 48.5 Å². The number of carboxylic acids is 1. The molecule has 3 saturated heterocycles. The van der Waals surface area contributed by atoms with Gasteiger partial charge < -0.3 is 24.8 Å². The first-order valence-corrected chi connectivity index (χ1v) is 15.5. The molecule has 228 valence electrons. The number of fused-ring (bicyclic) bond motifs is 2. The number of hydrogen-bond acceptors (Lipinski definition) is 5. The Morgan fingerprint density at radius 1 is 1.00 bits per heavy atom. The van der Waals surface area contributed by atoms with Gasteiger partial charge in [-0.2, -0.15) is 0 Å². The number of hydrogen-bond donors (Lipinski definition) is 2. The third-order valence-corrected chi connectivity index (χ3v) is 9.63. The molecular formula is C35H48N2O5. The number of amides is 1. The third-order valence-electron chi connectivity index (χ3n) is 9.63. The van der Waals surface area contributed by atoms with Crippen molar-refractivity contribution < 1.29 is 24.2 Å². The zero-order valence-corrected chi connectivity index (χ0v) is 26.2. The normalized spacial score (nSPS) is 29.5. The smallest absolute Gasteiger partial charge is 0.326 e. The molecule has 2 unspecified atom stereocenters. The number of ether oxygens (including phenoxy) is 2. The van der Waals surface area contributed by atoms with Crippen LogP contribution < -0.4 is 10.1 Å². The highest BCUT2D eigenvalue weighted by molar-refractivity contribution is 5.87. The van der Waals surface area contributed by atoms with Crippen molar-refractivity contribution in [3.8, 4) is 5.75 Å². The summed E-state index contributed by atoms with van der Waals surface area (Å²) in [5.74, 6) is -0.777. The summed E-state index contributed by atoms with van der Waals surface area (Å²) < 4.78 is 11.8. The molecular weight excluding hydrogens is 528 g/mol. The average molecular weight is 577 g/mol. The van der Waals surface area contributed by atoms with Crippen molar-refractivity contribution in [2.45, 2.75) is 110 Å². The van der Waals surface area contributed by atoms with E-state index in [1.807, 2.05) is 36.4 Å². The van der Waals surface area contributed by atoms with E-state index in [9.17, 15) is 14.7 Å². The molecule has 7 nitrogen and oxygen atoms in total. The highest BCUT2D eigenvalue weighted by Gasteiger charge is 2.59. The van der Waals surface area contributed by atoms with E-state index in [1.165, 1.54) is 5.56 Å². The standard InChI is InChI=1S/C35H48N2O5/c1-34(2,3)24-13-16-27(41-7)23(17-24)20-36-29-28(35(4,5)6)31(33(39)40)37(30(29)21-11-9-8-10-12-21)32(38)22-18-25-14-15-26(19-22)42-25/h8-13,16-17,22,25-26,28-31,36H,14-15,18-20H2,1-7H3,(H,39,40)/t22?,25?,26?,28-,29-,30-,31-/m0/s1. The lowest BCUT2D eigenvalue weighted by Gasteiger charge is -2.37. The minimum Gasteiger partial charge on any atom is -0.496 e. The number of aliphatic carboxylic acids is 1. The Morgan fingerprint density at radius 3 is 2.19 bits per heavy atom. The summed E-state index contributed by atoms with van der Waals surface area (Å²) in [5.41, 5.74) is 2.74. The molecule has 2 aromatic rings. The van der Waals surface area contributed by atoms with Crippen molar-refractivity contribution >= 4 is 11.9 Å². The highest BCUT2D eigenvalue weighted by Crippen LogP contribution is 2.50. The van der Waals surface area contributed by atoms with Crippen LogP contribution in [0.25, 0.3) is 0 Å². The Balaban J connectivity index is 1.57. The van der Waals surface area contributed by atoms with E-state index < -0.39 is 23.5 Å². The van der Waals surface area contributed by atoms with Crippen molar-refractivity contribution in [1.82, 2.24) is 10.2 Å². The maximum Gasteiger partial charge on any atom is 0.326 e. The van der Waals surface area contributed by atoms with Crippen LogP contribution in [0.5, 0.6) is 5.75 Å². The number of rotatable bonds is 7. The topological polar surface area (TPSA) is 88.1 Å². The van der Waals surface area contributed by atoms with E-state index in [0.29, 0.717) is 19.4 Å². The van der Waals surface area contributed by atoms with Gasteiger partial charge in [0.1, 0.15) is 11.8 Å². The molecule has 3 aliphatic rings. The summed E-state index contributed by atoms with van der Waals surface area (Å²) in [6.07, 6.45) is 3.46. The molecule has 7 heteroatoms. The lowest BCUT2D eigenvalue weighted by atomic mass is 9.72. The SMILES string of the molecule is COc1ccc(C(C)(C)C)cc1CN[C@H]1[C@H](C(C)(C)C)[C@@H](C(=O)O)N(C(=O)C2CC3CCC(C2)O3)[C@H]1c1ccccc1. The van der Waals surface area contributed by atoms with E-state index in [0.717, 1.165) is 29.7 Å². The number of likely N-dealkylation sites (tertiary alicyclic amines) is 1. The van der Waals surface area contributed by atoms with E-state index >= 15 is 0 Å². The minimum absolute atomic E-state index is 0.0321. The first-order chi connectivity index (χ1) is 19.8. The van der Waals surface area contributed by atoms with Crippen LogP contribution in [0.3, 0.4) is 0 Å². The second-order valence-corrected chi connectivity index (χ2v) is 14.6. The predicted molar refractivity (Wildman–Crippen MR) is 163 cm³/mol. The van der Waals surface area contributed by atoms with Crippen molar-refractivity contribution in [2.24, 2.45) is 17.3 Å². The fraction of sp³-hybridized carbons (Fsp3) is 0.600. The maximum atomic E-state index is 14.5. The molecule has 42 heavy (non-hydrogen) atoms. The van der Waals surface area contributed by atoms with Gasteiger partial charge in [-0.25, -0.2) is 4.79 Å². The van der Waals surface area contributed by atoms with Crippen molar-refractivity contribution in [2.75, 3.05) is 7.11 Å². The molecule has 0 aromatic heterocycles. The summed E-state index contributed by atoms with van der Waals surface area (Å²) in [4.78, 5) is 29.4. The van der Waals surface area contributed by atoms with Crippen molar-refractivity contribution in [1.29, 1.82) is 0 Å². The fourth-order valence-corrected chi connectivity index (χ4v) is 7.61. The Kier molecular flexibility index (Phi) is 8.47. The van der Waals surface area contributed by atoms with Crippen molar-refractivity contribution in [3.05, 3.63) is 65.2 Å². The van der Waals surface area contributed by atoms with Crippen LogP contribution in [0.1, 0.15) is 90.0 Å². The lowest BCUT2D eigenvalue weighted by molar-refractivity contribution is -0.156. The molecule has 5 rings (SSSR count). The first-order valence-electron chi connectivity index (χ1n) is 15.5. The fourth-order valence-electron chi connectivity index (χ4n) is 7.61. The number of carboxylic acid groups (broad SMARTS) is 1. The van der Waals surface area contributed by atoms with Gasteiger partial charge in [0, 0.05) is 30.0 Å². The molecule has 0 aliphatic carbocycles. The minimum atomic E-state index is -0.955. The van der Waals surface area contributed by atoms with Crippen LogP contribution >= 0.6 is 0 Å². The van der Waals surface area contributed by atoms with Crippen LogP contribution in [0, 0.1) is 17.3 Å². The molecule has 0 radical (unpaired) electrons. The summed E-state index contributed by atoms with van der Waals surface area (Å²) >= 11 is 0. The van der Waals surface area contributed by atoms with Gasteiger partial charge in [-0.3, -0.25) is 4.79 Å². The Labute approximate surface area is 251 Å². The summed E-state index contributed by atoms with van der Waals surface area (Å²) in [6, 6.07) is 14.6. The molecule has 3 aliphatic heterocycles. The summed E-state index contributed by atoms with van der Waals surface area (Å²) in [7, 11) is 1.68. The Bertz CT molecular complexity index is 1270. The lowest BCUT2D eigenvalue weighted by Crippen LogP contribution is -2.50. The molecule has 2 bridgehead atoms. The molecule has 3 fully saturated rings. The second-order valence-electron chi connectivity index (χ2n) is 14.6. The van der Waals surface area contributed by atoms with Crippen molar-refractivity contribution in [3.63, 3.8) is 0 Å². The molecule has 3 heterocycles. The van der Waals surface area contributed by atoms with E-state index in [4.69, 9.17) is 9.47 Å². The number of carbonyl (C=O) groups is 2. The van der Waals surface area contributed by atoms with Gasteiger partial charge in [-0.15, -0.1) is 0 Å². The average Bonchev–Trinajstić information content (AvgIpc) is 3.47. The summed E-state index contributed by atoms with van der Waals surface area (Å²) in [6.45, 7) is 13.3. The van der Waals surface area contributed by atoms with Gasteiger partial charge >= 0.3 is 5.97 Å². The largest absolute Gasteiger partial charge is 0.496 e. The number of carbonyl (C=O) groups excluding carboxylic acids is 1. The van der Waals surface area contributed by atoms with Crippen LogP contribution in [-0.2, 0) is 26.3 Å². The zero-order chi connectivity index (χ0) is 30.4. The summed E-state index contributed by atoms with van der Waals surface area (Å²) in [5, 5.41) is 14.6. The molecule has 6 atom stereocenters. The molecule has 0 spiro atoms. The van der Waals surface area contributed by atoms with E-state index in [2.05, 4.69) is 59.0 Å². The van der Waals surface area contributed by atoms with Gasteiger partial charge in [0.15, 0.2) is 0 Å². The quantitative estimate of drug-likeness (QED) is 0.414. The molecule has 1 amide bonds. The Morgan fingerprint density at radius 2 is 1.64 bits per heavy atom. The molecule has 0 saturated carbocycles. The van der Waals surface area contributed by atoms with Gasteiger partial charge in [-0.05, 0) is 53.7 Å². The van der Waals surface area contributed by atoms with Gasteiger partial charge in [-0.1, -0.05) is 84.0 Å². The maximum absolute atomic E-state index is 14.5. The van der Waals surface area contributed by atoms with Crippen LogP contribution in [-0.4, -0.2) is 53.3 Å². The number of nitrogens with one attached hydrogen (secondary N) is 1. The number of benzene rings is 2. The van der Waals surface area contributed by atoms with E-state index in [-0.39, 0.29) is 41.4 Å². The van der Waals surface area contributed by atoms with Crippen LogP contribution in [0.2, 0.25) is 0 Å².